The van der Waals surface area contributed by atoms with Gasteiger partial charge < -0.3 is 4.18 Å². The molecule has 0 bridgehead atoms. The van der Waals surface area contributed by atoms with E-state index in [-0.39, 0.29) is 16.2 Å². The fraction of sp³-hybridized carbons (Fsp3) is 0.130. The highest BCUT2D eigenvalue weighted by Crippen LogP contribution is 2.53. The van der Waals surface area contributed by atoms with Crippen molar-refractivity contribution < 1.29 is 25.4 Å². The molecular formula is C23H19FN2O5S2. The molecule has 0 fully saturated rings. The number of aryl methyl sites for hydroxylation is 1. The Kier molecular flexibility index (Phi) is 4.85. The average Bonchev–Trinajstić information content (AvgIpc) is 2.77. The van der Waals surface area contributed by atoms with Gasteiger partial charge in [0.2, 0.25) is 0 Å². The van der Waals surface area contributed by atoms with Gasteiger partial charge in [0.25, 0.3) is 10.0 Å². The van der Waals surface area contributed by atoms with E-state index in [9.17, 15) is 21.2 Å². The topological polar surface area (TPSA) is 84.0 Å². The van der Waals surface area contributed by atoms with Crippen LogP contribution in [0.25, 0.3) is 0 Å². The lowest BCUT2D eigenvalue weighted by Crippen LogP contribution is -2.54. The fourth-order valence-corrected chi connectivity index (χ4v) is 7.31. The molecule has 7 nitrogen and oxygen atoms in total. The minimum atomic E-state index is -4.51. The van der Waals surface area contributed by atoms with Crippen LogP contribution in [-0.4, -0.2) is 21.1 Å². The van der Waals surface area contributed by atoms with E-state index >= 15 is 0 Å². The van der Waals surface area contributed by atoms with Crippen LogP contribution in [0.4, 0.5) is 10.1 Å². The molecule has 0 N–H and O–H groups in total. The van der Waals surface area contributed by atoms with Crippen LogP contribution in [0.5, 0.6) is 5.75 Å². The first kappa shape index (κ1) is 21.6. The van der Waals surface area contributed by atoms with Gasteiger partial charge in [-0.3, -0.25) is 0 Å². The predicted molar refractivity (Wildman–Crippen MR) is 121 cm³/mol. The van der Waals surface area contributed by atoms with Gasteiger partial charge in [0.05, 0.1) is 16.6 Å². The van der Waals surface area contributed by atoms with Crippen LogP contribution in [-0.2, 0) is 20.3 Å². The van der Waals surface area contributed by atoms with Crippen molar-refractivity contribution in [3.05, 3.63) is 102 Å². The largest absolute Gasteiger partial charge is 0.388 e. The number of hydrogen-bond donors (Lipinski definition) is 0. The summed E-state index contributed by atoms with van der Waals surface area (Å²) in [5.74, 6) is -0.968. The Morgan fingerprint density at radius 1 is 1.03 bits per heavy atom. The van der Waals surface area contributed by atoms with Crippen LogP contribution >= 0.6 is 0 Å². The third kappa shape index (κ3) is 3.25. The van der Waals surface area contributed by atoms with Crippen molar-refractivity contribution >= 4 is 26.0 Å². The maximum absolute atomic E-state index is 14.0. The summed E-state index contributed by atoms with van der Waals surface area (Å²) in [7, 11) is -8.76. The molecule has 0 radical (unpaired) electrons. The molecule has 10 heteroatoms. The Labute approximate surface area is 191 Å². The van der Waals surface area contributed by atoms with E-state index in [0.717, 1.165) is 26.3 Å². The third-order valence-corrected chi connectivity index (χ3v) is 8.85. The number of para-hydroxylation sites is 1. The molecule has 170 valence electrons. The molecule has 2 aliphatic rings. The molecular weight excluding hydrogens is 467 g/mol. The molecule has 0 aliphatic carbocycles. The Morgan fingerprint density at radius 3 is 2.42 bits per heavy atom. The van der Waals surface area contributed by atoms with E-state index in [1.807, 2.05) is 6.92 Å². The second-order valence-corrected chi connectivity index (χ2v) is 11.0. The summed E-state index contributed by atoms with van der Waals surface area (Å²) in [5, 5.41) is 0. The number of anilines is 1. The molecule has 33 heavy (non-hydrogen) atoms. The van der Waals surface area contributed by atoms with E-state index in [1.54, 1.807) is 36.4 Å². The van der Waals surface area contributed by atoms with Crippen LogP contribution in [0.2, 0.25) is 0 Å². The zero-order valence-corrected chi connectivity index (χ0v) is 19.1. The van der Waals surface area contributed by atoms with Gasteiger partial charge in [0.1, 0.15) is 12.0 Å². The maximum atomic E-state index is 14.0. The highest BCUT2D eigenvalue weighted by Gasteiger charge is 2.53. The van der Waals surface area contributed by atoms with Gasteiger partial charge in [-0.15, -0.1) is 10.9 Å². The third-order valence-electron chi connectivity index (χ3n) is 5.74. The summed E-state index contributed by atoms with van der Waals surface area (Å²) < 4.78 is 75.5. The summed E-state index contributed by atoms with van der Waals surface area (Å²) in [6.45, 7) is 5.61. The zero-order valence-electron chi connectivity index (χ0n) is 17.4. The van der Waals surface area contributed by atoms with Crippen LogP contribution in [0.15, 0.2) is 84.3 Å². The number of halogens is 1. The normalized spacial score (nSPS) is 21.3. The lowest BCUT2D eigenvalue weighted by Gasteiger charge is -2.48. The summed E-state index contributed by atoms with van der Waals surface area (Å²) >= 11 is 0. The Morgan fingerprint density at radius 2 is 1.73 bits per heavy atom. The summed E-state index contributed by atoms with van der Waals surface area (Å²) in [6.07, 6.45) is 0.0699. The molecule has 2 atom stereocenters. The molecule has 0 amide bonds. The van der Waals surface area contributed by atoms with Crippen molar-refractivity contribution in [2.24, 2.45) is 0 Å². The zero-order chi connectivity index (χ0) is 23.5. The van der Waals surface area contributed by atoms with Crippen LogP contribution in [0, 0.1) is 12.7 Å². The van der Waals surface area contributed by atoms with E-state index in [4.69, 9.17) is 4.18 Å². The molecule has 0 unspecified atom stereocenters. The number of sulfonamides is 1. The Hall–Kier alpha value is -3.21. The molecule has 5 rings (SSSR count). The number of nitrogens with zero attached hydrogens (tertiary/aromatic N) is 2. The highest BCUT2D eigenvalue weighted by molar-refractivity contribution is 7.93. The molecule has 0 aromatic heterocycles. The van der Waals surface area contributed by atoms with Gasteiger partial charge in [0.15, 0.2) is 5.75 Å². The molecule has 0 saturated carbocycles. The molecule has 3 aromatic rings. The number of hydrogen-bond acceptors (Lipinski definition) is 5. The van der Waals surface area contributed by atoms with Gasteiger partial charge in [-0.1, -0.05) is 42.0 Å². The van der Waals surface area contributed by atoms with Crippen LogP contribution < -0.4 is 8.49 Å². The smallest absolute Gasteiger partial charge is 0.370 e. The first-order valence-corrected chi connectivity index (χ1v) is 12.8. The minimum Gasteiger partial charge on any atom is -0.370 e. The SMILES string of the molecule is C=C[C@@H]1c2ccccc2N(S(=O)(=O)c2ccc(C)cc2)[C@H]2c3ccc(F)cc3OS(=O)(=O)N12. The molecule has 0 saturated heterocycles. The van der Waals surface area contributed by atoms with Crippen molar-refractivity contribution in [1.82, 2.24) is 4.31 Å². The van der Waals surface area contributed by atoms with Crippen LogP contribution in [0.1, 0.15) is 28.9 Å². The van der Waals surface area contributed by atoms with Gasteiger partial charge in [-0.2, -0.15) is 8.42 Å². The number of fused-ring (bicyclic) bond motifs is 4. The van der Waals surface area contributed by atoms with Gasteiger partial charge in [-0.05, 0) is 42.8 Å². The average molecular weight is 487 g/mol. The first-order chi connectivity index (χ1) is 15.6. The monoisotopic (exact) mass is 486 g/mol. The Bertz CT molecular complexity index is 1490. The van der Waals surface area contributed by atoms with Gasteiger partial charge in [0, 0.05) is 11.6 Å². The second kappa shape index (κ2) is 7.41. The number of rotatable bonds is 3. The van der Waals surface area contributed by atoms with E-state index < -0.39 is 38.4 Å². The fourth-order valence-electron chi connectivity index (χ4n) is 4.25. The van der Waals surface area contributed by atoms with Crippen LogP contribution in [0.3, 0.4) is 0 Å². The van der Waals surface area contributed by atoms with Crippen molar-refractivity contribution in [3.63, 3.8) is 0 Å². The molecule has 0 spiro atoms. The van der Waals surface area contributed by atoms with Crippen molar-refractivity contribution in [1.29, 1.82) is 0 Å². The molecule has 2 aliphatic heterocycles. The van der Waals surface area contributed by atoms with E-state index in [1.165, 1.54) is 24.3 Å². The van der Waals surface area contributed by atoms with Gasteiger partial charge in [-0.25, -0.2) is 17.1 Å². The first-order valence-electron chi connectivity index (χ1n) is 10.00. The summed E-state index contributed by atoms with van der Waals surface area (Å²) in [6, 6.07) is 15.4. The van der Waals surface area contributed by atoms with Crippen molar-refractivity contribution in [2.75, 3.05) is 4.31 Å². The minimum absolute atomic E-state index is 0.00698. The quantitative estimate of drug-likeness (QED) is 0.518. The number of benzene rings is 3. The highest BCUT2D eigenvalue weighted by atomic mass is 32.2. The van der Waals surface area contributed by atoms with Gasteiger partial charge >= 0.3 is 10.3 Å². The predicted octanol–water partition coefficient (Wildman–Crippen LogP) is 4.21. The van der Waals surface area contributed by atoms with Crippen molar-refractivity contribution in [2.45, 2.75) is 24.0 Å². The maximum Gasteiger partial charge on any atom is 0.388 e. The lowest BCUT2D eigenvalue weighted by atomic mass is 9.98. The second-order valence-electron chi connectivity index (χ2n) is 7.78. The summed E-state index contributed by atoms with van der Waals surface area (Å²) in [4.78, 5) is -0.00698. The van der Waals surface area contributed by atoms with E-state index in [0.29, 0.717) is 11.3 Å². The standard InChI is InChI=1S/C23H19FN2O5S2/c1-3-20-18-6-4-5-7-21(18)25(32(27,28)17-11-8-15(2)9-12-17)23-19-13-10-16(24)14-22(19)31-33(29,30)26(20)23/h3-14,20,23H,1H2,2H3/t20-,23-/m1/s1. The Balaban J connectivity index is 1.86. The van der Waals surface area contributed by atoms with Crippen molar-refractivity contribution in [3.8, 4) is 5.75 Å². The molecule has 3 aromatic carbocycles. The summed E-state index contributed by atoms with van der Waals surface area (Å²) in [5.41, 5.74) is 1.80. The molecule has 2 heterocycles. The lowest BCUT2D eigenvalue weighted by molar-refractivity contribution is 0.232. The van der Waals surface area contributed by atoms with E-state index in [2.05, 4.69) is 6.58 Å².